The molecule has 0 bridgehead atoms. The van der Waals surface area contributed by atoms with Crippen molar-refractivity contribution in [1.29, 1.82) is 0 Å². The van der Waals surface area contributed by atoms with Crippen molar-refractivity contribution in [3.8, 4) is 0 Å². The highest BCUT2D eigenvalue weighted by Gasteiger charge is 2.37. The molecule has 0 aliphatic heterocycles. The molecule has 2 aromatic rings. The summed E-state index contributed by atoms with van der Waals surface area (Å²) >= 11 is -0.268. The maximum Gasteiger partial charge on any atom is 0.446 e. The molecule has 1 aromatic carbocycles. The number of rotatable bonds is 5. The number of aromatic carboxylic acids is 1. The van der Waals surface area contributed by atoms with E-state index in [0.29, 0.717) is 0 Å². The summed E-state index contributed by atoms with van der Waals surface area (Å²) in [5, 5.41) is 15.0. The van der Waals surface area contributed by atoms with E-state index in [1.165, 1.54) is 24.3 Å². The van der Waals surface area contributed by atoms with Crippen LogP contribution in [0.3, 0.4) is 0 Å². The van der Waals surface area contributed by atoms with Crippen LogP contribution in [0.4, 0.5) is 18.9 Å². The number of anilines is 1. The number of hydrogen-bond acceptors (Lipinski definition) is 5. The van der Waals surface area contributed by atoms with Crippen LogP contribution in [0.1, 0.15) is 45.4 Å². The summed E-state index contributed by atoms with van der Waals surface area (Å²) in [5.74, 6) is -1.93. The number of hydrogen-bond donors (Lipinski definition) is 2. The summed E-state index contributed by atoms with van der Waals surface area (Å²) < 4.78 is 41.9. The van der Waals surface area contributed by atoms with Crippen LogP contribution in [-0.2, 0) is 0 Å². The van der Waals surface area contributed by atoms with Gasteiger partial charge in [0.25, 0.3) is 5.91 Å². The molecule has 1 heterocycles. The van der Waals surface area contributed by atoms with Crippen LogP contribution in [0.5, 0.6) is 0 Å². The number of amides is 1. The molecule has 1 aliphatic rings. The number of nitrogens with one attached hydrogen (secondary N) is 1. The van der Waals surface area contributed by atoms with Crippen molar-refractivity contribution in [1.82, 2.24) is 5.16 Å². The van der Waals surface area contributed by atoms with E-state index in [-0.39, 0.29) is 39.6 Å². The predicted molar refractivity (Wildman–Crippen MR) is 81.7 cm³/mol. The first-order valence-electron chi connectivity index (χ1n) is 7.14. The summed E-state index contributed by atoms with van der Waals surface area (Å²) in [4.78, 5) is 23.6. The largest absolute Gasteiger partial charge is 0.476 e. The first-order chi connectivity index (χ1) is 11.7. The highest BCUT2D eigenvalue weighted by Crippen LogP contribution is 2.42. The van der Waals surface area contributed by atoms with Gasteiger partial charge in [0.1, 0.15) is 5.56 Å². The number of carbonyl (C=O) groups excluding carboxylic acids is 1. The minimum atomic E-state index is -4.40. The minimum absolute atomic E-state index is 0.0274. The number of benzene rings is 1. The van der Waals surface area contributed by atoms with Crippen LogP contribution in [-0.4, -0.2) is 27.6 Å². The van der Waals surface area contributed by atoms with E-state index in [1.54, 1.807) is 0 Å². The molecule has 132 valence electrons. The van der Waals surface area contributed by atoms with Crippen LogP contribution < -0.4 is 5.32 Å². The summed E-state index contributed by atoms with van der Waals surface area (Å²) in [7, 11) is 0. The first kappa shape index (κ1) is 17.3. The summed E-state index contributed by atoms with van der Waals surface area (Å²) in [6, 6.07) is 5.02. The Morgan fingerprint density at radius 3 is 2.40 bits per heavy atom. The molecule has 1 amide bonds. The molecule has 0 atom stereocenters. The standard InChI is InChI=1S/C15H11F3N2O4S/c16-15(17,18)25-9-5-3-8(4-6-9)19-13(21)10-11(14(22)23)20-24-12(10)7-1-2-7/h3-7H,1-2H2,(H,19,21)(H,22,23). The lowest BCUT2D eigenvalue weighted by molar-refractivity contribution is -0.0328. The third-order valence-electron chi connectivity index (χ3n) is 3.44. The second-order valence-corrected chi connectivity index (χ2v) is 6.51. The maximum atomic E-state index is 12.4. The predicted octanol–water partition coefficient (Wildman–Crippen LogP) is 4.11. The van der Waals surface area contributed by atoms with Crippen molar-refractivity contribution >= 4 is 29.3 Å². The van der Waals surface area contributed by atoms with Gasteiger partial charge in [0, 0.05) is 16.5 Å². The molecular formula is C15H11F3N2O4S. The molecule has 0 radical (unpaired) electrons. The van der Waals surface area contributed by atoms with E-state index in [1.807, 2.05) is 0 Å². The number of aromatic nitrogens is 1. The van der Waals surface area contributed by atoms with E-state index in [9.17, 15) is 22.8 Å². The van der Waals surface area contributed by atoms with Crippen molar-refractivity contribution < 1.29 is 32.4 Å². The molecule has 1 saturated carbocycles. The lowest BCUT2D eigenvalue weighted by Gasteiger charge is -2.08. The monoisotopic (exact) mass is 372 g/mol. The number of nitrogens with zero attached hydrogens (tertiary/aromatic N) is 1. The SMILES string of the molecule is O=C(O)c1noc(C2CC2)c1C(=O)Nc1ccc(SC(F)(F)F)cc1. The second-order valence-electron chi connectivity index (χ2n) is 5.38. The Bertz CT molecular complexity index is 813. The zero-order chi connectivity index (χ0) is 18.2. The molecule has 6 nitrogen and oxygen atoms in total. The van der Waals surface area contributed by atoms with Crippen LogP contribution in [0, 0.1) is 0 Å². The summed E-state index contributed by atoms with van der Waals surface area (Å²) in [6.07, 6.45) is 1.55. The van der Waals surface area contributed by atoms with E-state index >= 15 is 0 Å². The molecule has 1 aliphatic carbocycles. The van der Waals surface area contributed by atoms with Crippen molar-refractivity contribution in [2.75, 3.05) is 5.32 Å². The first-order valence-corrected chi connectivity index (χ1v) is 7.96. The van der Waals surface area contributed by atoms with Gasteiger partial charge >= 0.3 is 11.5 Å². The fourth-order valence-corrected chi connectivity index (χ4v) is 2.77. The van der Waals surface area contributed by atoms with Gasteiger partial charge in [-0.1, -0.05) is 5.16 Å². The summed E-state index contributed by atoms with van der Waals surface area (Å²) in [6.45, 7) is 0. The number of thioether (sulfide) groups is 1. The van der Waals surface area contributed by atoms with E-state index < -0.39 is 23.1 Å². The van der Waals surface area contributed by atoms with Gasteiger partial charge in [0.15, 0.2) is 5.76 Å². The van der Waals surface area contributed by atoms with E-state index in [0.717, 1.165) is 12.8 Å². The smallest absolute Gasteiger partial charge is 0.446 e. The number of halogens is 3. The molecule has 1 fully saturated rings. The van der Waals surface area contributed by atoms with Crippen LogP contribution >= 0.6 is 11.8 Å². The molecular weight excluding hydrogens is 361 g/mol. The van der Waals surface area contributed by atoms with Crippen LogP contribution in [0.25, 0.3) is 0 Å². The van der Waals surface area contributed by atoms with Gasteiger partial charge in [-0.2, -0.15) is 13.2 Å². The van der Waals surface area contributed by atoms with Crippen molar-refractivity contribution in [3.05, 3.63) is 41.3 Å². The van der Waals surface area contributed by atoms with E-state index in [2.05, 4.69) is 10.5 Å². The van der Waals surface area contributed by atoms with Gasteiger partial charge in [-0.25, -0.2) is 4.79 Å². The number of carbonyl (C=O) groups is 2. The Labute approximate surface area is 143 Å². The average Bonchev–Trinajstić information content (AvgIpc) is 3.25. The zero-order valence-corrected chi connectivity index (χ0v) is 13.3. The fourth-order valence-electron chi connectivity index (χ4n) is 2.23. The second kappa shape index (κ2) is 6.43. The topological polar surface area (TPSA) is 92.4 Å². The Hall–Kier alpha value is -2.49. The highest BCUT2D eigenvalue weighted by atomic mass is 32.2. The van der Waals surface area contributed by atoms with Gasteiger partial charge in [-0.05, 0) is 48.9 Å². The third-order valence-corrected chi connectivity index (χ3v) is 4.18. The quantitative estimate of drug-likeness (QED) is 0.767. The van der Waals surface area contributed by atoms with Crippen molar-refractivity contribution in [2.24, 2.45) is 0 Å². The number of alkyl halides is 3. The normalized spacial score (nSPS) is 14.4. The highest BCUT2D eigenvalue weighted by molar-refractivity contribution is 8.00. The van der Waals surface area contributed by atoms with Gasteiger partial charge in [0.2, 0.25) is 5.69 Å². The molecule has 10 heteroatoms. The Balaban J connectivity index is 1.78. The van der Waals surface area contributed by atoms with Gasteiger partial charge < -0.3 is 14.9 Å². The Morgan fingerprint density at radius 1 is 1.24 bits per heavy atom. The Morgan fingerprint density at radius 2 is 1.88 bits per heavy atom. The fraction of sp³-hybridized carbons (Fsp3) is 0.267. The molecule has 2 N–H and O–H groups in total. The zero-order valence-electron chi connectivity index (χ0n) is 12.5. The van der Waals surface area contributed by atoms with Crippen molar-refractivity contribution in [3.63, 3.8) is 0 Å². The summed E-state index contributed by atoms with van der Waals surface area (Å²) in [5.41, 5.74) is -4.80. The minimum Gasteiger partial charge on any atom is -0.476 e. The third kappa shape index (κ3) is 4.13. The van der Waals surface area contributed by atoms with Crippen molar-refractivity contribution in [2.45, 2.75) is 29.2 Å². The van der Waals surface area contributed by atoms with E-state index in [4.69, 9.17) is 9.63 Å². The molecule has 1 aromatic heterocycles. The lowest BCUT2D eigenvalue weighted by atomic mass is 10.1. The number of carboxylic acid groups (broad SMARTS) is 1. The maximum absolute atomic E-state index is 12.4. The lowest BCUT2D eigenvalue weighted by Crippen LogP contribution is -2.17. The molecule has 3 rings (SSSR count). The van der Waals surface area contributed by atoms with Crippen LogP contribution in [0.15, 0.2) is 33.7 Å². The van der Waals surface area contributed by atoms with Gasteiger partial charge in [-0.3, -0.25) is 4.79 Å². The molecule has 0 saturated heterocycles. The molecule has 0 unspecified atom stereocenters. The molecule has 0 spiro atoms. The average molecular weight is 372 g/mol. The van der Waals surface area contributed by atoms with Gasteiger partial charge in [-0.15, -0.1) is 0 Å². The number of carboxylic acids is 1. The van der Waals surface area contributed by atoms with Gasteiger partial charge in [0.05, 0.1) is 0 Å². The van der Waals surface area contributed by atoms with Crippen LogP contribution in [0.2, 0.25) is 0 Å². The Kier molecular flexibility index (Phi) is 4.46. The molecule has 25 heavy (non-hydrogen) atoms.